The second-order valence-corrected chi connectivity index (χ2v) is 2.06. The van der Waals surface area contributed by atoms with Crippen molar-refractivity contribution in [3.63, 3.8) is 0 Å². The predicted octanol–water partition coefficient (Wildman–Crippen LogP) is -0.198. The Morgan fingerprint density at radius 1 is 1.23 bits per heavy atom. The fraction of sp³-hybridized carbons (Fsp3) is 0.667. The standard InChI is InChI=1S/C6H11BO6/c1-3-5(8)11-7(10)13-12-6(9)4-2/h10H,3-4H2,1-2H3. The molecule has 0 aromatic heterocycles. The average Bonchev–Trinajstić information content (AvgIpc) is 2.13. The summed E-state index contributed by atoms with van der Waals surface area (Å²) in [5.41, 5.74) is 0. The molecule has 0 radical (unpaired) electrons. The molecule has 74 valence electrons. The molecule has 0 aromatic rings. The molecule has 13 heavy (non-hydrogen) atoms. The van der Waals surface area contributed by atoms with E-state index >= 15 is 0 Å². The van der Waals surface area contributed by atoms with Crippen molar-refractivity contribution in [1.82, 2.24) is 0 Å². The van der Waals surface area contributed by atoms with E-state index in [4.69, 9.17) is 5.02 Å². The van der Waals surface area contributed by atoms with Crippen molar-refractivity contribution in [2.45, 2.75) is 26.7 Å². The highest BCUT2D eigenvalue weighted by Crippen LogP contribution is 1.92. The van der Waals surface area contributed by atoms with Crippen molar-refractivity contribution >= 4 is 19.3 Å². The Labute approximate surface area is 75.9 Å². The zero-order valence-electron chi connectivity index (χ0n) is 7.48. The molecular weight excluding hydrogens is 179 g/mol. The highest BCUT2D eigenvalue weighted by Gasteiger charge is 2.24. The van der Waals surface area contributed by atoms with Gasteiger partial charge in [0.25, 0.3) is 5.97 Å². The van der Waals surface area contributed by atoms with Crippen molar-refractivity contribution in [2.24, 2.45) is 0 Å². The van der Waals surface area contributed by atoms with E-state index in [1.807, 2.05) is 0 Å². The molecule has 0 amide bonds. The van der Waals surface area contributed by atoms with E-state index in [2.05, 4.69) is 14.3 Å². The maximum absolute atomic E-state index is 10.5. The SMILES string of the molecule is CCC(=O)OOB(O)OC(=O)CC. The number of hydrogen-bond donors (Lipinski definition) is 1. The fourth-order valence-electron chi connectivity index (χ4n) is 0.369. The normalized spacial score (nSPS) is 9.15. The second-order valence-electron chi connectivity index (χ2n) is 2.06. The molecule has 7 heteroatoms. The minimum Gasteiger partial charge on any atom is -0.483 e. The summed E-state index contributed by atoms with van der Waals surface area (Å²) in [6.07, 6.45) is 0.205. The van der Waals surface area contributed by atoms with Crippen LogP contribution in [0.2, 0.25) is 0 Å². The first-order valence-corrected chi connectivity index (χ1v) is 3.83. The van der Waals surface area contributed by atoms with Gasteiger partial charge in [0, 0.05) is 12.8 Å². The minimum absolute atomic E-state index is 0.0993. The van der Waals surface area contributed by atoms with Crippen molar-refractivity contribution in [3.8, 4) is 0 Å². The summed E-state index contributed by atoms with van der Waals surface area (Å²) in [5, 5.41) is 8.75. The van der Waals surface area contributed by atoms with Crippen LogP contribution in [0.1, 0.15) is 26.7 Å². The molecule has 0 saturated heterocycles. The summed E-state index contributed by atoms with van der Waals surface area (Å²) in [5.74, 6) is -1.31. The third kappa shape index (κ3) is 6.12. The van der Waals surface area contributed by atoms with Gasteiger partial charge in [-0.05, 0) is 0 Å². The molecule has 0 bridgehead atoms. The molecule has 0 saturated carbocycles. The summed E-state index contributed by atoms with van der Waals surface area (Å²) in [4.78, 5) is 29.1. The van der Waals surface area contributed by atoms with E-state index in [0.717, 1.165) is 0 Å². The monoisotopic (exact) mass is 190 g/mol. The van der Waals surface area contributed by atoms with Gasteiger partial charge in [0.2, 0.25) is 0 Å². The van der Waals surface area contributed by atoms with Gasteiger partial charge < -0.3 is 14.6 Å². The van der Waals surface area contributed by atoms with Gasteiger partial charge in [0.15, 0.2) is 0 Å². The first kappa shape index (κ1) is 11.9. The molecular formula is C6H11BO6. The number of rotatable bonds is 5. The van der Waals surface area contributed by atoms with E-state index < -0.39 is 19.3 Å². The lowest BCUT2D eigenvalue weighted by atomic mass is 10.2. The van der Waals surface area contributed by atoms with E-state index in [1.54, 1.807) is 13.8 Å². The third-order valence-corrected chi connectivity index (χ3v) is 1.03. The molecule has 0 rings (SSSR count). The van der Waals surface area contributed by atoms with Gasteiger partial charge in [-0.25, -0.2) is 4.79 Å². The minimum atomic E-state index is -1.86. The maximum Gasteiger partial charge on any atom is 0.750 e. The van der Waals surface area contributed by atoms with Gasteiger partial charge in [-0.15, -0.1) is 0 Å². The van der Waals surface area contributed by atoms with Crippen LogP contribution in [0.5, 0.6) is 0 Å². The van der Waals surface area contributed by atoms with Crippen LogP contribution in [0.3, 0.4) is 0 Å². The van der Waals surface area contributed by atoms with Crippen LogP contribution in [0.15, 0.2) is 0 Å². The Morgan fingerprint density at radius 2 is 1.77 bits per heavy atom. The van der Waals surface area contributed by atoms with Crippen LogP contribution in [0.4, 0.5) is 0 Å². The number of carbonyl (C=O) groups excluding carboxylic acids is 2. The Balaban J connectivity index is 3.56. The molecule has 0 aromatic carbocycles. The van der Waals surface area contributed by atoms with Gasteiger partial charge in [-0.1, -0.05) is 13.8 Å². The quantitative estimate of drug-likeness (QED) is 0.367. The predicted molar refractivity (Wildman–Crippen MR) is 41.8 cm³/mol. The van der Waals surface area contributed by atoms with Gasteiger partial charge in [0.1, 0.15) is 0 Å². The summed E-state index contributed by atoms with van der Waals surface area (Å²) >= 11 is 0. The molecule has 1 N–H and O–H groups in total. The Kier molecular flexibility index (Phi) is 5.91. The van der Waals surface area contributed by atoms with Crippen LogP contribution in [0, 0.1) is 0 Å². The molecule has 0 aliphatic rings. The van der Waals surface area contributed by atoms with Crippen molar-refractivity contribution in [2.75, 3.05) is 0 Å². The van der Waals surface area contributed by atoms with Crippen LogP contribution in [-0.4, -0.2) is 24.3 Å². The van der Waals surface area contributed by atoms with E-state index in [-0.39, 0.29) is 12.8 Å². The summed E-state index contributed by atoms with van der Waals surface area (Å²) in [6, 6.07) is 0. The molecule has 0 atom stereocenters. The van der Waals surface area contributed by atoms with Gasteiger partial charge in [-0.3, -0.25) is 4.79 Å². The average molecular weight is 190 g/mol. The highest BCUT2D eigenvalue weighted by atomic mass is 17.2. The topological polar surface area (TPSA) is 82.1 Å². The molecule has 0 spiro atoms. The van der Waals surface area contributed by atoms with Crippen molar-refractivity contribution in [3.05, 3.63) is 0 Å². The Hall–Kier alpha value is -1.08. The van der Waals surface area contributed by atoms with E-state index in [0.29, 0.717) is 0 Å². The number of carbonyl (C=O) groups is 2. The zero-order valence-corrected chi connectivity index (χ0v) is 7.48. The second kappa shape index (κ2) is 6.44. The first-order valence-electron chi connectivity index (χ1n) is 3.83. The van der Waals surface area contributed by atoms with Crippen molar-refractivity contribution in [1.29, 1.82) is 0 Å². The molecule has 0 unspecified atom stereocenters. The molecule has 0 aliphatic heterocycles. The number of hydrogen-bond acceptors (Lipinski definition) is 6. The largest absolute Gasteiger partial charge is 0.750 e. The first-order chi connectivity index (χ1) is 6.10. The van der Waals surface area contributed by atoms with Crippen LogP contribution < -0.4 is 0 Å². The van der Waals surface area contributed by atoms with Crippen LogP contribution in [-0.2, 0) is 23.9 Å². The molecule has 0 fully saturated rings. The van der Waals surface area contributed by atoms with E-state index in [1.165, 1.54) is 0 Å². The Bertz CT molecular complexity index is 182. The summed E-state index contributed by atoms with van der Waals surface area (Å²) in [7, 11) is -1.86. The van der Waals surface area contributed by atoms with Gasteiger partial charge in [-0.2, -0.15) is 4.81 Å². The van der Waals surface area contributed by atoms with Crippen LogP contribution in [0.25, 0.3) is 0 Å². The molecule has 6 nitrogen and oxygen atoms in total. The fourth-order valence-corrected chi connectivity index (χ4v) is 0.369. The third-order valence-electron chi connectivity index (χ3n) is 1.03. The summed E-state index contributed by atoms with van der Waals surface area (Å²) < 4.78 is 4.21. The maximum atomic E-state index is 10.5. The van der Waals surface area contributed by atoms with E-state index in [9.17, 15) is 9.59 Å². The van der Waals surface area contributed by atoms with Gasteiger partial charge in [0.05, 0.1) is 0 Å². The highest BCUT2D eigenvalue weighted by molar-refractivity contribution is 6.37. The molecule has 0 aliphatic carbocycles. The Morgan fingerprint density at radius 3 is 2.23 bits per heavy atom. The van der Waals surface area contributed by atoms with Crippen LogP contribution >= 0.6 is 0 Å². The van der Waals surface area contributed by atoms with Crippen molar-refractivity contribution < 1.29 is 29.0 Å². The lowest BCUT2D eigenvalue weighted by molar-refractivity contribution is -0.231. The lowest BCUT2D eigenvalue weighted by Crippen LogP contribution is -2.27. The zero-order chi connectivity index (χ0) is 10.3. The smallest absolute Gasteiger partial charge is 0.483 e. The molecule has 0 heterocycles. The van der Waals surface area contributed by atoms with Gasteiger partial charge >= 0.3 is 13.3 Å². The summed E-state index contributed by atoms with van der Waals surface area (Å²) in [6.45, 7) is 3.10. The lowest BCUT2D eigenvalue weighted by Gasteiger charge is -2.05.